The van der Waals surface area contributed by atoms with E-state index in [-0.39, 0.29) is 12.3 Å². The van der Waals surface area contributed by atoms with Gasteiger partial charge in [0.2, 0.25) is 5.91 Å². The van der Waals surface area contributed by atoms with Crippen molar-refractivity contribution in [1.29, 1.82) is 0 Å². The SMILES string of the molecule is O=C(C[C@@H](C(=O)O)N1CCNCC1)Nc1ccc(Cl)cc1. The summed E-state index contributed by atoms with van der Waals surface area (Å²) in [6.07, 6.45) is -0.0715. The number of nitrogens with one attached hydrogen (secondary N) is 2. The Morgan fingerprint density at radius 2 is 1.90 bits per heavy atom. The monoisotopic (exact) mass is 311 g/mol. The molecule has 114 valence electrons. The maximum atomic E-state index is 12.0. The second-order valence-electron chi connectivity index (χ2n) is 4.90. The van der Waals surface area contributed by atoms with Crippen LogP contribution in [0.4, 0.5) is 5.69 Å². The molecular formula is C14H18ClN3O3. The predicted molar refractivity (Wildman–Crippen MR) is 80.6 cm³/mol. The van der Waals surface area contributed by atoms with Gasteiger partial charge in [-0.05, 0) is 24.3 Å². The van der Waals surface area contributed by atoms with E-state index in [9.17, 15) is 14.7 Å². The Balaban J connectivity index is 1.94. The lowest BCUT2D eigenvalue weighted by molar-refractivity contribution is -0.145. The van der Waals surface area contributed by atoms with Gasteiger partial charge in [0.25, 0.3) is 0 Å². The molecule has 0 bridgehead atoms. The van der Waals surface area contributed by atoms with Crippen molar-refractivity contribution in [3.8, 4) is 0 Å². The zero-order chi connectivity index (χ0) is 15.2. The topological polar surface area (TPSA) is 81.7 Å². The Labute approximate surface area is 128 Å². The number of halogens is 1. The highest BCUT2D eigenvalue weighted by atomic mass is 35.5. The van der Waals surface area contributed by atoms with E-state index < -0.39 is 12.0 Å². The lowest BCUT2D eigenvalue weighted by atomic mass is 10.1. The summed E-state index contributed by atoms with van der Waals surface area (Å²) in [6.45, 7) is 2.74. The molecule has 7 heteroatoms. The molecule has 0 saturated carbocycles. The van der Waals surface area contributed by atoms with Gasteiger partial charge >= 0.3 is 5.97 Å². The summed E-state index contributed by atoms with van der Waals surface area (Å²) >= 11 is 5.77. The largest absolute Gasteiger partial charge is 0.480 e. The van der Waals surface area contributed by atoms with E-state index in [1.54, 1.807) is 24.3 Å². The maximum Gasteiger partial charge on any atom is 0.321 e. The molecule has 0 aromatic heterocycles. The van der Waals surface area contributed by atoms with Crippen LogP contribution in [0, 0.1) is 0 Å². The number of carboxylic acids is 1. The maximum absolute atomic E-state index is 12.0. The molecule has 1 heterocycles. The van der Waals surface area contributed by atoms with Gasteiger partial charge in [0, 0.05) is 36.9 Å². The highest BCUT2D eigenvalue weighted by Gasteiger charge is 2.28. The molecular weight excluding hydrogens is 294 g/mol. The minimum absolute atomic E-state index is 0.0715. The third kappa shape index (κ3) is 4.70. The normalized spacial score (nSPS) is 17.2. The summed E-state index contributed by atoms with van der Waals surface area (Å²) < 4.78 is 0. The van der Waals surface area contributed by atoms with Crippen LogP contribution < -0.4 is 10.6 Å². The molecule has 1 aromatic carbocycles. The van der Waals surface area contributed by atoms with Gasteiger partial charge in [-0.15, -0.1) is 0 Å². The standard InChI is InChI=1S/C14H18ClN3O3/c15-10-1-3-11(4-2-10)17-13(19)9-12(14(20)21)18-7-5-16-6-8-18/h1-4,12,16H,5-9H2,(H,17,19)(H,20,21)/t12-/m0/s1. The van der Waals surface area contributed by atoms with E-state index >= 15 is 0 Å². The van der Waals surface area contributed by atoms with E-state index in [2.05, 4.69) is 10.6 Å². The second-order valence-corrected chi connectivity index (χ2v) is 5.34. The van der Waals surface area contributed by atoms with E-state index in [0.29, 0.717) is 23.8 Å². The third-order valence-electron chi connectivity index (χ3n) is 3.38. The van der Waals surface area contributed by atoms with Gasteiger partial charge in [0.05, 0.1) is 6.42 Å². The molecule has 0 aliphatic carbocycles. The van der Waals surface area contributed by atoms with Crippen LogP contribution in [-0.2, 0) is 9.59 Å². The van der Waals surface area contributed by atoms with Crippen molar-refractivity contribution < 1.29 is 14.7 Å². The van der Waals surface area contributed by atoms with E-state index in [0.717, 1.165) is 13.1 Å². The lowest BCUT2D eigenvalue weighted by Crippen LogP contribution is -2.52. The van der Waals surface area contributed by atoms with Gasteiger partial charge in [-0.2, -0.15) is 0 Å². The lowest BCUT2D eigenvalue weighted by Gasteiger charge is -2.32. The van der Waals surface area contributed by atoms with Crippen LogP contribution in [0.25, 0.3) is 0 Å². The van der Waals surface area contributed by atoms with Gasteiger partial charge < -0.3 is 15.7 Å². The van der Waals surface area contributed by atoms with Crippen molar-refractivity contribution in [2.24, 2.45) is 0 Å². The van der Waals surface area contributed by atoms with Crippen LogP contribution in [0.1, 0.15) is 6.42 Å². The molecule has 3 N–H and O–H groups in total. The van der Waals surface area contributed by atoms with Crippen molar-refractivity contribution in [2.45, 2.75) is 12.5 Å². The number of nitrogens with zero attached hydrogens (tertiary/aromatic N) is 1. The fourth-order valence-corrected chi connectivity index (χ4v) is 2.41. The number of hydrogen-bond donors (Lipinski definition) is 3. The fraction of sp³-hybridized carbons (Fsp3) is 0.429. The van der Waals surface area contributed by atoms with Gasteiger partial charge in [0.15, 0.2) is 0 Å². The summed E-state index contributed by atoms with van der Waals surface area (Å²) in [7, 11) is 0. The summed E-state index contributed by atoms with van der Waals surface area (Å²) in [4.78, 5) is 25.2. The Hall–Kier alpha value is -1.63. The second kappa shape index (κ2) is 7.40. The van der Waals surface area contributed by atoms with E-state index in [1.807, 2.05) is 4.90 Å². The first kappa shape index (κ1) is 15.8. The quantitative estimate of drug-likeness (QED) is 0.756. The molecule has 1 aliphatic rings. The van der Waals surface area contributed by atoms with Crippen molar-refractivity contribution in [3.05, 3.63) is 29.3 Å². The average Bonchev–Trinajstić information content (AvgIpc) is 2.48. The van der Waals surface area contributed by atoms with Crippen molar-refractivity contribution in [2.75, 3.05) is 31.5 Å². The average molecular weight is 312 g/mol. The minimum atomic E-state index is -0.969. The predicted octanol–water partition coefficient (Wildman–Crippen LogP) is 1.03. The van der Waals surface area contributed by atoms with Gasteiger partial charge in [-0.1, -0.05) is 11.6 Å². The smallest absolute Gasteiger partial charge is 0.321 e. The molecule has 0 spiro atoms. The van der Waals surface area contributed by atoms with Crippen LogP contribution in [0.15, 0.2) is 24.3 Å². The number of benzene rings is 1. The summed E-state index contributed by atoms with van der Waals surface area (Å²) in [5, 5.41) is 15.7. The number of carboxylic acid groups (broad SMARTS) is 1. The molecule has 1 atom stereocenters. The number of amides is 1. The summed E-state index contributed by atoms with van der Waals surface area (Å²) in [5.41, 5.74) is 0.605. The fourth-order valence-electron chi connectivity index (χ4n) is 2.29. The van der Waals surface area contributed by atoms with Crippen LogP contribution >= 0.6 is 11.6 Å². The number of carbonyl (C=O) groups is 2. The number of rotatable bonds is 5. The van der Waals surface area contributed by atoms with Crippen LogP contribution in [-0.4, -0.2) is 54.1 Å². The van der Waals surface area contributed by atoms with Gasteiger partial charge in [-0.3, -0.25) is 14.5 Å². The van der Waals surface area contributed by atoms with Crippen molar-refractivity contribution >= 4 is 29.2 Å². The molecule has 1 saturated heterocycles. The zero-order valence-corrected chi connectivity index (χ0v) is 12.3. The highest BCUT2D eigenvalue weighted by molar-refractivity contribution is 6.30. The molecule has 1 fully saturated rings. The molecule has 0 radical (unpaired) electrons. The zero-order valence-electron chi connectivity index (χ0n) is 11.5. The Morgan fingerprint density at radius 3 is 2.48 bits per heavy atom. The molecule has 6 nitrogen and oxygen atoms in total. The molecule has 2 rings (SSSR count). The first-order chi connectivity index (χ1) is 10.1. The number of hydrogen-bond acceptors (Lipinski definition) is 4. The number of piperazine rings is 1. The van der Waals surface area contributed by atoms with Gasteiger partial charge in [0.1, 0.15) is 6.04 Å². The number of carbonyl (C=O) groups excluding carboxylic acids is 1. The highest BCUT2D eigenvalue weighted by Crippen LogP contribution is 2.14. The first-order valence-corrected chi connectivity index (χ1v) is 7.17. The summed E-state index contributed by atoms with van der Waals surface area (Å²) in [6, 6.07) is 5.91. The first-order valence-electron chi connectivity index (χ1n) is 6.79. The molecule has 0 unspecified atom stereocenters. The van der Waals surface area contributed by atoms with Crippen molar-refractivity contribution in [1.82, 2.24) is 10.2 Å². The van der Waals surface area contributed by atoms with E-state index in [4.69, 9.17) is 11.6 Å². The Bertz CT molecular complexity index is 501. The van der Waals surface area contributed by atoms with Crippen LogP contribution in [0.5, 0.6) is 0 Å². The minimum Gasteiger partial charge on any atom is -0.480 e. The van der Waals surface area contributed by atoms with Crippen LogP contribution in [0.2, 0.25) is 5.02 Å². The molecule has 1 amide bonds. The number of aliphatic carboxylic acids is 1. The molecule has 1 aliphatic heterocycles. The third-order valence-corrected chi connectivity index (χ3v) is 3.64. The summed E-state index contributed by atoms with van der Waals surface area (Å²) in [5.74, 6) is -1.29. The van der Waals surface area contributed by atoms with E-state index in [1.165, 1.54) is 0 Å². The Morgan fingerprint density at radius 1 is 1.29 bits per heavy atom. The molecule has 21 heavy (non-hydrogen) atoms. The van der Waals surface area contributed by atoms with Crippen LogP contribution in [0.3, 0.4) is 0 Å². The molecule has 1 aromatic rings. The van der Waals surface area contributed by atoms with Gasteiger partial charge in [-0.25, -0.2) is 0 Å². The number of anilines is 1. The van der Waals surface area contributed by atoms with Crippen molar-refractivity contribution in [3.63, 3.8) is 0 Å². The Kier molecular flexibility index (Phi) is 5.55.